The van der Waals surface area contributed by atoms with Gasteiger partial charge in [0.1, 0.15) is 11.6 Å². The van der Waals surface area contributed by atoms with Crippen LogP contribution in [0.3, 0.4) is 0 Å². The summed E-state index contributed by atoms with van der Waals surface area (Å²) in [7, 11) is 2.13. The van der Waals surface area contributed by atoms with Crippen LogP contribution in [0.25, 0.3) is 0 Å². The van der Waals surface area contributed by atoms with E-state index in [1.54, 1.807) is 0 Å². The first kappa shape index (κ1) is 15.2. The van der Waals surface area contributed by atoms with Crippen molar-refractivity contribution in [1.29, 1.82) is 0 Å². The van der Waals surface area contributed by atoms with Gasteiger partial charge in [-0.25, -0.2) is 9.97 Å². The highest BCUT2D eigenvalue weighted by Gasteiger charge is 2.24. The standard InChI is InChI=1S/C15H26N4O/c1-10(2)15-16-11(3)8-14(18-15)17-12(4)13-9-19(5)6-7-20-13/h8,10,12-13H,6-7,9H2,1-5H3,(H,16,17,18). The lowest BCUT2D eigenvalue weighted by atomic mass is 10.1. The van der Waals surface area contributed by atoms with E-state index < -0.39 is 0 Å². The Morgan fingerprint density at radius 2 is 2.10 bits per heavy atom. The Bertz CT molecular complexity index is 449. The zero-order valence-corrected chi connectivity index (χ0v) is 13.2. The molecule has 2 heterocycles. The van der Waals surface area contributed by atoms with Crippen LogP contribution in [0.15, 0.2) is 6.07 Å². The molecule has 112 valence electrons. The van der Waals surface area contributed by atoms with E-state index in [1.807, 2.05) is 13.0 Å². The second kappa shape index (κ2) is 6.50. The van der Waals surface area contributed by atoms with Crippen molar-refractivity contribution in [3.63, 3.8) is 0 Å². The number of aryl methyl sites for hydroxylation is 1. The summed E-state index contributed by atoms with van der Waals surface area (Å²) in [6.45, 7) is 11.1. The van der Waals surface area contributed by atoms with Crippen molar-refractivity contribution in [2.24, 2.45) is 0 Å². The maximum atomic E-state index is 5.84. The summed E-state index contributed by atoms with van der Waals surface area (Å²) in [4.78, 5) is 11.4. The molecule has 20 heavy (non-hydrogen) atoms. The molecule has 1 aliphatic heterocycles. The van der Waals surface area contributed by atoms with Gasteiger partial charge in [-0.15, -0.1) is 0 Å². The van der Waals surface area contributed by atoms with Gasteiger partial charge in [0, 0.05) is 30.8 Å². The second-order valence-electron chi connectivity index (χ2n) is 6.01. The van der Waals surface area contributed by atoms with Crippen LogP contribution in [0.1, 0.15) is 38.2 Å². The van der Waals surface area contributed by atoms with E-state index in [0.717, 1.165) is 37.0 Å². The molecule has 5 nitrogen and oxygen atoms in total. The Morgan fingerprint density at radius 3 is 2.75 bits per heavy atom. The van der Waals surface area contributed by atoms with Gasteiger partial charge < -0.3 is 15.0 Å². The van der Waals surface area contributed by atoms with Gasteiger partial charge in [-0.1, -0.05) is 13.8 Å². The number of hydrogen-bond donors (Lipinski definition) is 1. The minimum absolute atomic E-state index is 0.200. The Kier molecular flexibility index (Phi) is 4.94. The van der Waals surface area contributed by atoms with Gasteiger partial charge in [-0.2, -0.15) is 0 Å². The maximum absolute atomic E-state index is 5.84. The monoisotopic (exact) mass is 278 g/mol. The minimum Gasteiger partial charge on any atom is -0.373 e. The number of aromatic nitrogens is 2. The van der Waals surface area contributed by atoms with Gasteiger partial charge >= 0.3 is 0 Å². The highest BCUT2D eigenvalue weighted by Crippen LogP contribution is 2.16. The molecule has 0 amide bonds. The molecule has 0 radical (unpaired) electrons. The van der Waals surface area contributed by atoms with Crippen LogP contribution in [-0.2, 0) is 4.74 Å². The van der Waals surface area contributed by atoms with Gasteiger partial charge in [-0.3, -0.25) is 0 Å². The number of anilines is 1. The largest absolute Gasteiger partial charge is 0.373 e. The number of rotatable bonds is 4. The number of morpholine rings is 1. The van der Waals surface area contributed by atoms with Crippen molar-refractivity contribution in [2.75, 3.05) is 32.1 Å². The molecule has 0 aromatic carbocycles. The normalized spacial score (nSPS) is 22.0. The van der Waals surface area contributed by atoms with Crippen LogP contribution < -0.4 is 5.32 Å². The molecule has 1 aromatic rings. The molecule has 1 N–H and O–H groups in total. The molecule has 0 aliphatic carbocycles. The second-order valence-corrected chi connectivity index (χ2v) is 6.01. The first-order valence-electron chi connectivity index (χ1n) is 7.38. The summed E-state index contributed by atoms with van der Waals surface area (Å²) >= 11 is 0. The summed E-state index contributed by atoms with van der Waals surface area (Å²) in [5.74, 6) is 2.12. The first-order chi connectivity index (χ1) is 9.45. The SMILES string of the molecule is Cc1cc(NC(C)C2CN(C)CCO2)nc(C(C)C)n1. The Balaban J connectivity index is 2.05. The lowest BCUT2D eigenvalue weighted by Gasteiger charge is -2.34. The fourth-order valence-corrected chi connectivity index (χ4v) is 2.36. The fourth-order valence-electron chi connectivity index (χ4n) is 2.36. The first-order valence-corrected chi connectivity index (χ1v) is 7.38. The van der Waals surface area contributed by atoms with E-state index in [2.05, 4.69) is 48.0 Å². The molecule has 1 aromatic heterocycles. The molecule has 2 rings (SSSR count). The van der Waals surface area contributed by atoms with Crippen molar-refractivity contribution in [3.05, 3.63) is 17.6 Å². The topological polar surface area (TPSA) is 50.3 Å². The van der Waals surface area contributed by atoms with Crippen LogP contribution in [0, 0.1) is 6.92 Å². The molecular formula is C15H26N4O. The Morgan fingerprint density at radius 1 is 1.35 bits per heavy atom. The van der Waals surface area contributed by atoms with Crippen LogP contribution in [0.4, 0.5) is 5.82 Å². The molecule has 0 bridgehead atoms. The molecule has 0 spiro atoms. The van der Waals surface area contributed by atoms with Crippen LogP contribution >= 0.6 is 0 Å². The number of nitrogens with zero attached hydrogens (tertiary/aromatic N) is 3. The van der Waals surface area contributed by atoms with E-state index >= 15 is 0 Å². The van der Waals surface area contributed by atoms with E-state index in [-0.39, 0.29) is 12.1 Å². The highest BCUT2D eigenvalue weighted by molar-refractivity contribution is 5.37. The third-order valence-electron chi connectivity index (χ3n) is 3.62. The molecule has 5 heteroatoms. The summed E-state index contributed by atoms with van der Waals surface area (Å²) in [5, 5.41) is 3.47. The maximum Gasteiger partial charge on any atom is 0.133 e. The van der Waals surface area contributed by atoms with E-state index in [1.165, 1.54) is 0 Å². The molecule has 1 fully saturated rings. The molecule has 1 aliphatic rings. The van der Waals surface area contributed by atoms with Crippen molar-refractivity contribution >= 4 is 5.82 Å². The summed E-state index contributed by atoms with van der Waals surface area (Å²) in [6, 6.07) is 2.22. The number of hydrogen-bond acceptors (Lipinski definition) is 5. The molecular weight excluding hydrogens is 252 g/mol. The van der Waals surface area contributed by atoms with Gasteiger partial charge in [0.15, 0.2) is 0 Å². The summed E-state index contributed by atoms with van der Waals surface area (Å²) in [6.07, 6.45) is 0.200. The molecule has 2 unspecified atom stereocenters. The van der Waals surface area contributed by atoms with Crippen LogP contribution in [0.2, 0.25) is 0 Å². The average molecular weight is 278 g/mol. The summed E-state index contributed by atoms with van der Waals surface area (Å²) in [5.41, 5.74) is 1.00. The predicted octanol–water partition coefficient (Wildman–Crippen LogP) is 2.04. The van der Waals surface area contributed by atoms with Gasteiger partial charge in [0.2, 0.25) is 0 Å². The minimum atomic E-state index is 0.200. The van der Waals surface area contributed by atoms with Gasteiger partial charge in [0.25, 0.3) is 0 Å². The lowest BCUT2D eigenvalue weighted by Crippen LogP contribution is -2.47. The van der Waals surface area contributed by atoms with Crippen molar-refractivity contribution in [2.45, 2.75) is 45.8 Å². The van der Waals surface area contributed by atoms with Crippen LogP contribution in [0.5, 0.6) is 0 Å². The quantitative estimate of drug-likeness (QED) is 0.913. The van der Waals surface area contributed by atoms with E-state index in [0.29, 0.717) is 5.92 Å². The average Bonchev–Trinajstić information content (AvgIpc) is 2.37. The van der Waals surface area contributed by atoms with E-state index in [4.69, 9.17) is 4.74 Å². The lowest BCUT2D eigenvalue weighted by molar-refractivity contribution is -0.0260. The third-order valence-corrected chi connectivity index (χ3v) is 3.62. The number of ether oxygens (including phenoxy) is 1. The van der Waals surface area contributed by atoms with Crippen molar-refractivity contribution in [3.8, 4) is 0 Å². The van der Waals surface area contributed by atoms with E-state index in [9.17, 15) is 0 Å². The molecule has 0 saturated carbocycles. The summed E-state index contributed by atoms with van der Waals surface area (Å²) < 4.78 is 5.84. The Labute approximate surface area is 121 Å². The van der Waals surface area contributed by atoms with Crippen LogP contribution in [-0.4, -0.2) is 53.8 Å². The zero-order valence-electron chi connectivity index (χ0n) is 13.2. The van der Waals surface area contributed by atoms with Crippen molar-refractivity contribution in [1.82, 2.24) is 14.9 Å². The van der Waals surface area contributed by atoms with Crippen molar-refractivity contribution < 1.29 is 4.74 Å². The number of likely N-dealkylation sites (N-methyl/N-ethyl adjacent to an activating group) is 1. The Hall–Kier alpha value is -1.20. The predicted molar refractivity (Wildman–Crippen MR) is 81.2 cm³/mol. The molecule has 2 atom stereocenters. The fraction of sp³-hybridized carbons (Fsp3) is 0.733. The highest BCUT2D eigenvalue weighted by atomic mass is 16.5. The van der Waals surface area contributed by atoms with Gasteiger partial charge in [0.05, 0.1) is 18.8 Å². The number of nitrogens with one attached hydrogen (secondary N) is 1. The van der Waals surface area contributed by atoms with Gasteiger partial charge in [-0.05, 0) is 20.9 Å². The molecule has 1 saturated heterocycles. The smallest absolute Gasteiger partial charge is 0.133 e. The third kappa shape index (κ3) is 3.90. The zero-order chi connectivity index (χ0) is 14.7.